The fourth-order valence-electron chi connectivity index (χ4n) is 1.33. The molecule has 0 aliphatic carbocycles. The second-order valence-corrected chi connectivity index (χ2v) is 8.30. The standard InChI is InChI=1S/C10H12BrNO6S2/c1-10(2,9(15)18-3)12-20(16,17)6-4-5(8(13)14)19-7(6)11/h4,12H,1-3H3,(H,13,14). The zero-order valence-corrected chi connectivity index (χ0v) is 14.0. The van der Waals surface area contributed by atoms with E-state index in [1.807, 2.05) is 0 Å². The third kappa shape index (κ3) is 3.57. The van der Waals surface area contributed by atoms with Crippen molar-refractivity contribution >= 4 is 49.2 Å². The zero-order valence-electron chi connectivity index (χ0n) is 10.8. The number of halogens is 1. The molecule has 0 radical (unpaired) electrons. The summed E-state index contributed by atoms with van der Waals surface area (Å²) in [5.74, 6) is -1.99. The minimum atomic E-state index is -4.07. The minimum absolute atomic E-state index is 0.131. The largest absolute Gasteiger partial charge is 0.477 e. The van der Waals surface area contributed by atoms with E-state index < -0.39 is 27.5 Å². The van der Waals surface area contributed by atoms with Crippen molar-refractivity contribution in [3.8, 4) is 0 Å². The molecule has 0 saturated heterocycles. The van der Waals surface area contributed by atoms with Gasteiger partial charge in [-0.25, -0.2) is 13.2 Å². The number of esters is 1. The Morgan fingerprint density at radius 3 is 2.40 bits per heavy atom. The summed E-state index contributed by atoms with van der Waals surface area (Å²) >= 11 is 3.77. The number of carbonyl (C=O) groups excluding carboxylic acids is 1. The molecule has 0 unspecified atom stereocenters. The number of carbonyl (C=O) groups is 2. The van der Waals surface area contributed by atoms with E-state index in [-0.39, 0.29) is 13.6 Å². The van der Waals surface area contributed by atoms with Crippen LogP contribution in [-0.4, -0.2) is 38.1 Å². The SMILES string of the molecule is COC(=O)C(C)(C)NS(=O)(=O)c1cc(C(=O)O)sc1Br. The number of hydrogen-bond donors (Lipinski definition) is 2. The smallest absolute Gasteiger partial charge is 0.345 e. The normalized spacial score (nSPS) is 12.2. The molecule has 1 aromatic heterocycles. The Hall–Kier alpha value is -0.970. The summed E-state index contributed by atoms with van der Waals surface area (Å²) in [6, 6.07) is 1.02. The molecule has 1 rings (SSSR count). The molecule has 20 heavy (non-hydrogen) atoms. The average Bonchev–Trinajstić information content (AvgIpc) is 2.69. The first-order chi connectivity index (χ1) is 9.01. The average molecular weight is 386 g/mol. The number of carboxylic acid groups (broad SMARTS) is 1. The molecule has 0 amide bonds. The van der Waals surface area contributed by atoms with Crippen molar-refractivity contribution in [1.82, 2.24) is 4.72 Å². The molecule has 1 aromatic rings. The predicted octanol–water partition coefficient (Wildman–Crippen LogP) is 1.44. The first-order valence-electron chi connectivity index (χ1n) is 5.16. The Morgan fingerprint density at radius 2 is 2.00 bits per heavy atom. The van der Waals surface area contributed by atoms with Crippen LogP contribution in [0.15, 0.2) is 14.7 Å². The monoisotopic (exact) mass is 385 g/mol. The number of thiophene rings is 1. The van der Waals surface area contributed by atoms with Crippen LogP contribution < -0.4 is 4.72 Å². The number of ether oxygens (including phenoxy) is 1. The third-order valence-electron chi connectivity index (χ3n) is 2.24. The van der Waals surface area contributed by atoms with Crippen LogP contribution in [0, 0.1) is 0 Å². The fraction of sp³-hybridized carbons (Fsp3) is 0.400. The molecule has 112 valence electrons. The van der Waals surface area contributed by atoms with Gasteiger partial charge < -0.3 is 9.84 Å². The molecule has 2 N–H and O–H groups in total. The molecule has 7 nitrogen and oxygen atoms in total. The first-order valence-corrected chi connectivity index (χ1v) is 8.25. The van der Waals surface area contributed by atoms with Crippen molar-refractivity contribution in [2.45, 2.75) is 24.3 Å². The van der Waals surface area contributed by atoms with Crippen molar-refractivity contribution < 1.29 is 27.9 Å². The highest BCUT2D eigenvalue weighted by Crippen LogP contribution is 2.32. The van der Waals surface area contributed by atoms with E-state index in [9.17, 15) is 18.0 Å². The number of sulfonamides is 1. The summed E-state index contributed by atoms with van der Waals surface area (Å²) < 4.78 is 31.2. The van der Waals surface area contributed by atoms with Gasteiger partial charge in [-0.3, -0.25) is 4.79 Å². The lowest BCUT2D eigenvalue weighted by Crippen LogP contribution is -2.50. The maximum absolute atomic E-state index is 12.2. The highest BCUT2D eigenvalue weighted by molar-refractivity contribution is 9.11. The summed E-state index contributed by atoms with van der Waals surface area (Å²) in [4.78, 5) is 22.0. The van der Waals surface area contributed by atoms with Crippen molar-refractivity contribution in [3.05, 3.63) is 14.7 Å². The minimum Gasteiger partial charge on any atom is -0.477 e. The molecule has 0 fully saturated rings. The Bertz CT molecular complexity index is 649. The maximum atomic E-state index is 12.2. The second-order valence-electron chi connectivity index (χ2n) is 4.28. The lowest BCUT2D eigenvalue weighted by Gasteiger charge is -2.22. The van der Waals surface area contributed by atoms with Gasteiger partial charge in [-0.05, 0) is 35.8 Å². The molecule has 0 aliphatic rings. The van der Waals surface area contributed by atoms with E-state index in [0.717, 1.165) is 24.5 Å². The number of carboxylic acids is 1. The fourth-order valence-corrected chi connectivity index (χ4v) is 5.10. The van der Waals surface area contributed by atoms with Crippen LogP contribution in [-0.2, 0) is 19.6 Å². The molecule has 0 aromatic carbocycles. The lowest BCUT2D eigenvalue weighted by atomic mass is 10.1. The van der Waals surface area contributed by atoms with Gasteiger partial charge in [0.1, 0.15) is 15.3 Å². The van der Waals surface area contributed by atoms with Crippen LogP contribution in [0.5, 0.6) is 0 Å². The van der Waals surface area contributed by atoms with Crippen molar-refractivity contribution in [2.24, 2.45) is 0 Å². The summed E-state index contributed by atoms with van der Waals surface area (Å²) in [6.45, 7) is 2.68. The third-order valence-corrected chi connectivity index (χ3v) is 6.14. The van der Waals surface area contributed by atoms with E-state index >= 15 is 0 Å². The molecule has 1 heterocycles. The molecule has 10 heteroatoms. The van der Waals surface area contributed by atoms with Gasteiger partial charge in [0.25, 0.3) is 0 Å². The van der Waals surface area contributed by atoms with Crippen molar-refractivity contribution in [2.75, 3.05) is 7.11 Å². The van der Waals surface area contributed by atoms with Gasteiger partial charge in [0.15, 0.2) is 0 Å². The van der Waals surface area contributed by atoms with Gasteiger partial charge in [-0.15, -0.1) is 11.3 Å². The Balaban J connectivity index is 3.18. The van der Waals surface area contributed by atoms with Gasteiger partial charge in [-0.2, -0.15) is 4.72 Å². The molecule has 0 atom stereocenters. The molecular formula is C10H12BrNO6S2. The van der Waals surface area contributed by atoms with Crippen LogP contribution in [0.4, 0.5) is 0 Å². The Labute approximate surface area is 128 Å². The van der Waals surface area contributed by atoms with E-state index in [1.54, 1.807) is 0 Å². The van der Waals surface area contributed by atoms with Crippen LogP contribution >= 0.6 is 27.3 Å². The van der Waals surface area contributed by atoms with Crippen molar-refractivity contribution in [1.29, 1.82) is 0 Å². The summed E-state index contributed by atoms with van der Waals surface area (Å²) in [6.07, 6.45) is 0. The van der Waals surface area contributed by atoms with Gasteiger partial charge >= 0.3 is 11.9 Å². The van der Waals surface area contributed by atoms with E-state index in [0.29, 0.717) is 0 Å². The van der Waals surface area contributed by atoms with Crippen LogP contribution in [0.2, 0.25) is 0 Å². The van der Waals surface area contributed by atoms with Gasteiger partial charge in [0, 0.05) is 0 Å². The summed E-state index contributed by atoms with van der Waals surface area (Å²) in [5, 5.41) is 8.85. The van der Waals surface area contributed by atoms with E-state index in [1.165, 1.54) is 13.8 Å². The summed E-state index contributed by atoms with van der Waals surface area (Å²) in [5.41, 5.74) is -1.47. The van der Waals surface area contributed by atoms with Crippen molar-refractivity contribution in [3.63, 3.8) is 0 Å². The Kier molecular flexibility index (Phi) is 4.95. The molecular weight excluding hydrogens is 374 g/mol. The first kappa shape index (κ1) is 17.1. The molecule has 0 bridgehead atoms. The van der Waals surface area contributed by atoms with Crippen LogP contribution in [0.3, 0.4) is 0 Å². The number of rotatable bonds is 5. The number of aromatic carboxylic acids is 1. The number of methoxy groups -OCH3 is 1. The van der Waals surface area contributed by atoms with Crippen LogP contribution in [0.1, 0.15) is 23.5 Å². The van der Waals surface area contributed by atoms with E-state index in [4.69, 9.17) is 5.11 Å². The maximum Gasteiger partial charge on any atom is 0.345 e. The lowest BCUT2D eigenvalue weighted by molar-refractivity contribution is -0.146. The molecule has 0 aliphatic heterocycles. The van der Waals surface area contributed by atoms with Gasteiger partial charge in [-0.1, -0.05) is 0 Å². The van der Waals surface area contributed by atoms with E-state index in [2.05, 4.69) is 25.4 Å². The highest BCUT2D eigenvalue weighted by Gasteiger charge is 2.35. The zero-order chi connectivity index (χ0) is 15.7. The van der Waals surface area contributed by atoms with Gasteiger partial charge in [0.2, 0.25) is 10.0 Å². The van der Waals surface area contributed by atoms with Crippen LogP contribution in [0.25, 0.3) is 0 Å². The van der Waals surface area contributed by atoms with Gasteiger partial charge in [0.05, 0.1) is 10.9 Å². The summed E-state index contributed by atoms with van der Waals surface area (Å²) in [7, 11) is -2.93. The quantitative estimate of drug-likeness (QED) is 0.741. The number of hydrogen-bond acceptors (Lipinski definition) is 6. The second kappa shape index (κ2) is 5.80. The topological polar surface area (TPSA) is 110 Å². The predicted molar refractivity (Wildman–Crippen MR) is 75.4 cm³/mol. The molecule has 0 spiro atoms. The number of nitrogens with one attached hydrogen (secondary N) is 1. The highest BCUT2D eigenvalue weighted by atomic mass is 79.9. The Morgan fingerprint density at radius 1 is 1.45 bits per heavy atom. The molecule has 0 saturated carbocycles.